The van der Waals surface area contributed by atoms with E-state index in [1.807, 2.05) is 0 Å². The fraction of sp³-hybridized carbons (Fsp3) is 0.600. The van der Waals surface area contributed by atoms with E-state index in [-0.39, 0.29) is 0 Å². The van der Waals surface area contributed by atoms with E-state index >= 15 is 0 Å². The van der Waals surface area contributed by atoms with Gasteiger partial charge in [-0.15, -0.1) is 0 Å². The topological polar surface area (TPSA) is 49.4 Å². The van der Waals surface area contributed by atoms with Crippen LogP contribution in [0.25, 0.3) is 0 Å². The standard InChI is InChI=1S/C15H24N2O2S/c1-2-16-8-7-14-3-5-15(6-4-14)13-17-9-11-20(18,19)12-10-17/h3-6,16H,2,7-13H2,1H3. The summed E-state index contributed by atoms with van der Waals surface area (Å²) in [5.74, 6) is 0.599. The first-order valence-corrected chi connectivity index (χ1v) is 9.12. The molecule has 1 aromatic carbocycles. The van der Waals surface area contributed by atoms with Gasteiger partial charge in [0.25, 0.3) is 0 Å². The Hall–Kier alpha value is -0.910. The molecule has 4 nitrogen and oxygen atoms in total. The summed E-state index contributed by atoms with van der Waals surface area (Å²) in [6, 6.07) is 8.66. The van der Waals surface area contributed by atoms with Crippen LogP contribution in [0.3, 0.4) is 0 Å². The Kier molecular flexibility index (Phi) is 5.57. The Morgan fingerprint density at radius 3 is 2.30 bits per heavy atom. The number of hydrogen-bond donors (Lipinski definition) is 1. The first-order valence-electron chi connectivity index (χ1n) is 7.30. The molecule has 0 spiro atoms. The lowest BCUT2D eigenvalue weighted by Crippen LogP contribution is -2.39. The van der Waals surface area contributed by atoms with Crippen LogP contribution in [0.15, 0.2) is 24.3 Å². The van der Waals surface area contributed by atoms with E-state index in [1.165, 1.54) is 11.1 Å². The Morgan fingerprint density at radius 1 is 1.10 bits per heavy atom. The van der Waals surface area contributed by atoms with Crippen molar-refractivity contribution in [2.75, 3.05) is 37.7 Å². The van der Waals surface area contributed by atoms with Crippen molar-refractivity contribution in [1.82, 2.24) is 10.2 Å². The minimum atomic E-state index is -2.78. The van der Waals surface area contributed by atoms with Crippen molar-refractivity contribution in [3.63, 3.8) is 0 Å². The molecular formula is C15H24N2O2S. The highest BCUT2D eigenvalue weighted by Gasteiger charge is 2.21. The quantitative estimate of drug-likeness (QED) is 0.798. The van der Waals surface area contributed by atoms with Gasteiger partial charge in [-0.1, -0.05) is 31.2 Å². The van der Waals surface area contributed by atoms with Crippen molar-refractivity contribution >= 4 is 9.84 Å². The van der Waals surface area contributed by atoms with Gasteiger partial charge in [0.15, 0.2) is 9.84 Å². The van der Waals surface area contributed by atoms with Crippen molar-refractivity contribution < 1.29 is 8.42 Å². The van der Waals surface area contributed by atoms with Crippen LogP contribution >= 0.6 is 0 Å². The molecule has 0 aliphatic carbocycles. The number of benzene rings is 1. The lowest BCUT2D eigenvalue weighted by Gasteiger charge is -2.26. The third-order valence-electron chi connectivity index (χ3n) is 3.71. The lowest BCUT2D eigenvalue weighted by atomic mass is 10.1. The Bertz CT molecular complexity index is 497. The van der Waals surface area contributed by atoms with Gasteiger partial charge in [0, 0.05) is 19.6 Å². The molecule has 0 unspecified atom stereocenters. The van der Waals surface area contributed by atoms with Gasteiger partial charge in [-0.25, -0.2) is 8.42 Å². The van der Waals surface area contributed by atoms with E-state index in [2.05, 4.69) is 41.4 Å². The third kappa shape index (κ3) is 4.89. The average Bonchev–Trinajstić information content (AvgIpc) is 2.43. The van der Waals surface area contributed by atoms with Crippen LogP contribution in [-0.2, 0) is 22.8 Å². The summed E-state index contributed by atoms with van der Waals surface area (Å²) in [7, 11) is -2.78. The molecule has 0 atom stereocenters. The second-order valence-electron chi connectivity index (χ2n) is 5.35. The van der Waals surface area contributed by atoms with Crippen LogP contribution in [0, 0.1) is 0 Å². The second kappa shape index (κ2) is 7.20. The first-order chi connectivity index (χ1) is 9.59. The zero-order valence-corrected chi connectivity index (χ0v) is 13.0. The number of likely N-dealkylation sites (N-methyl/N-ethyl adjacent to an activating group) is 1. The summed E-state index contributed by atoms with van der Waals surface area (Å²) in [5.41, 5.74) is 2.60. The van der Waals surface area contributed by atoms with E-state index < -0.39 is 9.84 Å². The van der Waals surface area contributed by atoms with E-state index in [0.717, 1.165) is 26.1 Å². The van der Waals surface area contributed by atoms with Crippen LogP contribution < -0.4 is 5.32 Å². The molecule has 0 bridgehead atoms. The maximum Gasteiger partial charge on any atom is 0.152 e. The molecule has 112 valence electrons. The van der Waals surface area contributed by atoms with Crippen LogP contribution in [0.4, 0.5) is 0 Å². The van der Waals surface area contributed by atoms with Gasteiger partial charge < -0.3 is 5.32 Å². The van der Waals surface area contributed by atoms with Crippen LogP contribution in [-0.4, -0.2) is 51.0 Å². The minimum Gasteiger partial charge on any atom is -0.317 e. The van der Waals surface area contributed by atoms with Gasteiger partial charge in [0.2, 0.25) is 0 Å². The monoisotopic (exact) mass is 296 g/mol. The molecule has 2 rings (SSSR count). The van der Waals surface area contributed by atoms with Crippen LogP contribution in [0.1, 0.15) is 18.1 Å². The first kappa shape index (κ1) is 15.5. The van der Waals surface area contributed by atoms with E-state index in [1.54, 1.807) is 0 Å². The van der Waals surface area contributed by atoms with Gasteiger partial charge >= 0.3 is 0 Å². The number of rotatable bonds is 6. The molecule has 1 aromatic rings. The summed E-state index contributed by atoms with van der Waals surface area (Å²) in [6.45, 7) is 6.30. The molecule has 0 aromatic heterocycles. The normalized spacial score (nSPS) is 19.1. The molecule has 0 saturated carbocycles. The fourth-order valence-corrected chi connectivity index (χ4v) is 3.66. The smallest absolute Gasteiger partial charge is 0.152 e. The summed E-state index contributed by atoms with van der Waals surface area (Å²) in [6.07, 6.45) is 1.05. The van der Waals surface area contributed by atoms with Crippen LogP contribution in [0.5, 0.6) is 0 Å². The molecule has 1 saturated heterocycles. The van der Waals surface area contributed by atoms with Gasteiger partial charge in [0.05, 0.1) is 11.5 Å². The molecule has 1 N–H and O–H groups in total. The minimum absolute atomic E-state index is 0.299. The van der Waals surface area contributed by atoms with Crippen molar-refractivity contribution in [3.8, 4) is 0 Å². The lowest BCUT2D eigenvalue weighted by molar-refractivity contribution is 0.287. The van der Waals surface area contributed by atoms with Crippen molar-refractivity contribution in [1.29, 1.82) is 0 Å². The van der Waals surface area contributed by atoms with Gasteiger partial charge in [-0.05, 0) is 30.6 Å². The zero-order chi connectivity index (χ0) is 14.4. The largest absolute Gasteiger partial charge is 0.317 e. The fourth-order valence-electron chi connectivity index (χ4n) is 2.39. The number of nitrogens with zero attached hydrogens (tertiary/aromatic N) is 1. The summed E-state index contributed by atoms with van der Waals surface area (Å²) >= 11 is 0. The molecule has 5 heteroatoms. The molecular weight excluding hydrogens is 272 g/mol. The molecule has 1 heterocycles. The van der Waals surface area contributed by atoms with Crippen molar-refractivity contribution in [2.24, 2.45) is 0 Å². The third-order valence-corrected chi connectivity index (χ3v) is 5.32. The van der Waals surface area contributed by atoms with E-state index in [0.29, 0.717) is 24.6 Å². The molecule has 1 fully saturated rings. The molecule has 0 radical (unpaired) electrons. The Labute approximate surface area is 122 Å². The predicted molar refractivity (Wildman–Crippen MR) is 82.6 cm³/mol. The Morgan fingerprint density at radius 2 is 1.70 bits per heavy atom. The van der Waals surface area contributed by atoms with E-state index in [9.17, 15) is 8.42 Å². The predicted octanol–water partition coefficient (Wildman–Crippen LogP) is 1.07. The van der Waals surface area contributed by atoms with Gasteiger partial charge in [-0.2, -0.15) is 0 Å². The molecule has 0 amide bonds. The maximum atomic E-state index is 11.4. The average molecular weight is 296 g/mol. The number of hydrogen-bond acceptors (Lipinski definition) is 4. The van der Waals surface area contributed by atoms with Crippen molar-refractivity contribution in [3.05, 3.63) is 35.4 Å². The number of nitrogens with one attached hydrogen (secondary N) is 1. The van der Waals surface area contributed by atoms with Gasteiger partial charge in [-0.3, -0.25) is 4.90 Å². The summed E-state index contributed by atoms with van der Waals surface area (Å²) < 4.78 is 22.8. The summed E-state index contributed by atoms with van der Waals surface area (Å²) in [5, 5.41) is 3.32. The second-order valence-corrected chi connectivity index (χ2v) is 7.65. The van der Waals surface area contributed by atoms with Crippen LogP contribution in [0.2, 0.25) is 0 Å². The molecule has 1 aliphatic rings. The number of sulfone groups is 1. The summed E-state index contributed by atoms with van der Waals surface area (Å²) in [4.78, 5) is 2.22. The SMILES string of the molecule is CCNCCc1ccc(CN2CCS(=O)(=O)CC2)cc1. The zero-order valence-electron chi connectivity index (χ0n) is 12.1. The highest BCUT2D eigenvalue weighted by Crippen LogP contribution is 2.11. The van der Waals surface area contributed by atoms with E-state index in [4.69, 9.17) is 0 Å². The highest BCUT2D eigenvalue weighted by molar-refractivity contribution is 7.91. The molecule has 20 heavy (non-hydrogen) atoms. The maximum absolute atomic E-state index is 11.4. The Balaban J connectivity index is 1.82. The highest BCUT2D eigenvalue weighted by atomic mass is 32.2. The van der Waals surface area contributed by atoms with Gasteiger partial charge in [0.1, 0.15) is 0 Å². The molecule has 1 aliphatic heterocycles. The van der Waals surface area contributed by atoms with Crippen molar-refractivity contribution in [2.45, 2.75) is 19.9 Å².